The maximum absolute atomic E-state index is 14.3. The van der Waals surface area contributed by atoms with E-state index in [1.807, 2.05) is 25.7 Å². The zero-order chi connectivity index (χ0) is 23.0. The largest absolute Gasteiger partial charge is 0.505 e. The Morgan fingerprint density at radius 1 is 1.09 bits per heavy atom. The van der Waals surface area contributed by atoms with Crippen molar-refractivity contribution in [2.24, 2.45) is 0 Å². The molecular formula is C21H23FN6O4. The number of hydrogen-bond donors (Lipinski definition) is 1. The molecule has 1 aliphatic heterocycles. The summed E-state index contributed by atoms with van der Waals surface area (Å²) in [4.78, 5) is 41.2. The van der Waals surface area contributed by atoms with Crippen LogP contribution in [0.4, 0.5) is 15.1 Å². The van der Waals surface area contributed by atoms with E-state index in [1.54, 1.807) is 4.90 Å². The molecule has 11 heteroatoms. The number of aromatic nitrogens is 4. The first-order chi connectivity index (χ1) is 15.1. The molecule has 0 bridgehead atoms. The van der Waals surface area contributed by atoms with Gasteiger partial charge in [0, 0.05) is 26.2 Å². The number of benzene rings is 1. The van der Waals surface area contributed by atoms with E-state index in [-0.39, 0.29) is 17.0 Å². The molecule has 0 aliphatic carbocycles. The maximum atomic E-state index is 14.3. The van der Waals surface area contributed by atoms with Gasteiger partial charge in [0.05, 0.1) is 23.6 Å². The minimum Gasteiger partial charge on any atom is -0.505 e. The van der Waals surface area contributed by atoms with Gasteiger partial charge in [-0.3, -0.25) is 9.36 Å². The second-order valence-electron chi connectivity index (χ2n) is 8.41. The topological polar surface area (TPSA) is 114 Å². The summed E-state index contributed by atoms with van der Waals surface area (Å²) in [6, 6.07) is 2.52. The molecule has 32 heavy (non-hydrogen) atoms. The molecule has 1 saturated heterocycles. The monoisotopic (exact) mass is 442 g/mol. The summed E-state index contributed by atoms with van der Waals surface area (Å²) < 4.78 is 20.8. The van der Waals surface area contributed by atoms with Crippen LogP contribution in [-0.2, 0) is 4.74 Å². The third-order valence-electron chi connectivity index (χ3n) is 4.96. The third kappa shape index (κ3) is 4.18. The van der Waals surface area contributed by atoms with Crippen LogP contribution in [0.1, 0.15) is 20.8 Å². The van der Waals surface area contributed by atoms with Gasteiger partial charge < -0.3 is 19.6 Å². The first-order valence-electron chi connectivity index (χ1n) is 10.1. The number of anilines is 1. The Hall–Kier alpha value is -3.76. The van der Waals surface area contributed by atoms with Gasteiger partial charge in [0.1, 0.15) is 17.3 Å². The number of ether oxygens (including phenoxy) is 1. The number of fused-ring (bicyclic) bond motifs is 1. The van der Waals surface area contributed by atoms with E-state index in [9.17, 15) is 19.1 Å². The maximum Gasteiger partial charge on any atom is 0.410 e. The number of nitrogens with zero attached hydrogens (tertiary/aromatic N) is 6. The molecular weight excluding hydrogens is 419 g/mol. The van der Waals surface area contributed by atoms with E-state index < -0.39 is 22.7 Å². The average Bonchev–Trinajstić information content (AvgIpc) is 2.75. The molecule has 2 aromatic heterocycles. The Morgan fingerprint density at radius 3 is 2.38 bits per heavy atom. The Bertz CT molecular complexity index is 1210. The Balaban J connectivity index is 1.50. The zero-order valence-electron chi connectivity index (χ0n) is 17.9. The predicted octanol–water partition coefficient (Wildman–Crippen LogP) is 2.08. The van der Waals surface area contributed by atoms with Crippen molar-refractivity contribution in [1.29, 1.82) is 0 Å². The van der Waals surface area contributed by atoms with Crippen LogP contribution < -0.4 is 10.5 Å². The van der Waals surface area contributed by atoms with Crippen LogP contribution in [0.5, 0.6) is 5.75 Å². The highest BCUT2D eigenvalue weighted by Gasteiger charge is 2.26. The lowest BCUT2D eigenvalue weighted by atomic mass is 10.2. The quantitative estimate of drug-likeness (QED) is 0.642. The van der Waals surface area contributed by atoms with Crippen molar-refractivity contribution in [1.82, 2.24) is 24.4 Å². The highest BCUT2D eigenvalue weighted by atomic mass is 19.1. The number of carbonyl (C=O) groups is 1. The highest BCUT2D eigenvalue weighted by Crippen LogP contribution is 2.22. The molecule has 1 fully saturated rings. The summed E-state index contributed by atoms with van der Waals surface area (Å²) in [5.74, 6) is -1.19. The van der Waals surface area contributed by atoms with Crippen LogP contribution in [0.2, 0.25) is 0 Å². The van der Waals surface area contributed by atoms with Gasteiger partial charge in [0.15, 0.2) is 11.6 Å². The molecule has 1 amide bonds. The first kappa shape index (κ1) is 21.5. The Morgan fingerprint density at radius 2 is 1.75 bits per heavy atom. The van der Waals surface area contributed by atoms with Crippen LogP contribution in [0.25, 0.3) is 16.6 Å². The number of halogens is 1. The third-order valence-corrected chi connectivity index (χ3v) is 4.96. The summed E-state index contributed by atoms with van der Waals surface area (Å²) >= 11 is 0. The second kappa shape index (κ2) is 8.06. The van der Waals surface area contributed by atoms with Crippen molar-refractivity contribution in [2.45, 2.75) is 26.4 Å². The molecule has 1 N–H and O–H groups in total. The Kier molecular flexibility index (Phi) is 5.41. The van der Waals surface area contributed by atoms with Gasteiger partial charge in [-0.15, -0.1) is 0 Å². The van der Waals surface area contributed by atoms with E-state index >= 15 is 0 Å². The average molecular weight is 442 g/mol. The van der Waals surface area contributed by atoms with Gasteiger partial charge in [-0.05, 0) is 32.9 Å². The lowest BCUT2D eigenvalue weighted by Gasteiger charge is -2.35. The number of aromatic hydroxyl groups is 1. The smallest absolute Gasteiger partial charge is 0.410 e. The Labute approximate surface area is 182 Å². The van der Waals surface area contributed by atoms with Gasteiger partial charge >= 0.3 is 6.09 Å². The number of carbonyl (C=O) groups excluding carboxylic acids is 1. The normalized spacial score (nSPS) is 14.6. The van der Waals surface area contributed by atoms with Gasteiger partial charge in [-0.25, -0.2) is 24.1 Å². The summed E-state index contributed by atoms with van der Waals surface area (Å²) in [5.41, 5.74) is -0.777. The summed E-state index contributed by atoms with van der Waals surface area (Å²) in [6.07, 6.45) is 3.80. The van der Waals surface area contributed by atoms with E-state index in [0.717, 1.165) is 10.6 Å². The van der Waals surface area contributed by atoms with Crippen LogP contribution in [0, 0.1) is 5.82 Å². The molecule has 3 heterocycles. The molecule has 10 nitrogen and oxygen atoms in total. The number of phenolic OH excluding ortho intramolecular Hbond substituents is 1. The van der Waals surface area contributed by atoms with E-state index in [2.05, 4.69) is 15.0 Å². The van der Waals surface area contributed by atoms with Gasteiger partial charge in [-0.1, -0.05) is 0 Å². The minimum absolute atomic E-state index is 0.141. The molecule has 168 valence electrons. The van der Waals surface area contributed by atoms with Crippen molar-refractivity contribution in [2.75, 3.05) is 31.1 Å². The summed E-state index contributed by atoms with van der Waals surface area (Å²) in [5, 5.41) is 9.27. The van der Waals surface area contributed by atoms with Crippen molar-refractivity contribution >= 4 is 22.9 Å². The minimum atomic E-state index is -1.02. The van der Waals surface area contributed by atoms with Crippen molar-refractivity contribution in [3.63, 3.8) is 0 Å². The molecule has 0 saturated carbocycles. The van der Waals surface area contributed by atoms with E-state index in [4.69, 9.17) is 4.74 Å². The number of amides is 1. The van der Waals surface area contributed by atoms with Gasteiger partial charge in [-0.2, -0.15) is 0 Å². The number of hydrogen-bond acceptors (Lipinski definition) is 8. The fraction of sp³-hybridized carbons (Fsp3) is 0.381. The van der Waals surface area contributed by atoms with Crippen LogP contribution in [-0.4, -0.2) is 67.4 Å². The number of piperazine rings is 1. The van der Waals surface area contributed by atoms with Crippen LogP contribution >= 0.6 is 0 Å². The van der Waals surface area contributed by atoms with Crippen LogP contribution in [0.3, 0.4) is 0 Å². The van der Waals surface area contributed by atoms with Crippen LogP contribution in [0.15, 0.2) is 35.6 Å². The zero-order valence-corrected chi connectivity index (χ0v) is 17.9. The molecule has 4 rings (SSSR count). The van der Waals surface area contributed by atoms with E-state index in [0.29, 0.717) is 37.8 Å². The lowest BCUT2D eigenvalue weighted by Crippen LogP contribution is -2.50. The highest BCUT2D eigenvalue weighted by molar-refractivity contribution is 5.80. The summed E-state index contributed by atoms with van der Waals surface area (Å²) in [6.45, 7) is 7.47. The number of rotatable bonds is 2. The molecule has 1 aliphatic rings. The fourth-order valence-electron chi connectivity index (χ4n) is 3.36. The van der Waals surface area contributed by atoms with Crippen molar-refractivity contribution in [3.05, 3.63) is 47.0 Å². The predicted molar refractivity (Wildman–Crippen MR) is 115 cm³/mol. The molecule has 3 aromatic rings. The standard InChI is InChI=1S/C21H23FN6O4/c1-21(2,3)32-20(31)27-8-6-26(7-9-27)19-23-10-13(11-24-19)28-12-25-14-4-5-15(29)17(22)16(14)18(28)30/h4-5,10-12,29H,6-9H2,1-3H3. The fourth-order valence-corrected chi connectivity index (χ4v) is 3.36. The van der Waals surface area contributed by atoms with Gasteiger partial charge in [0.25, 0.3) is 5.56 Å². The van der Waals surface area contributed by atoms with Crippen molar-refractivity contribution < 1.29 is 19.0 Å². The molecule has 0 spiro atoms. The van der Waals surface area contributed by atoms with Crippen molar-refractivity contribution in [3.8, 4) is 11.4 Å². The molecule has 0 radical (unpaired) electrons. The second-order valence-corrected chi connectivity index (χ2v) is 8.41. The molecule has 1 aromatic carbocycles. The number of phenols is 1. The van der Waals surface area contributed by atoms with Gasteiger partial charge in [0.2, 0.25) is 5.95 Å². The van der Waals surface area contributed by atoms with E-state index in [1.165, 1.54) is 24.8 Å². The summed E-state index contributed by atoms with van der Waals surface area (Å²) in [7, 11) is 0. The molecule has 0 atom stereocenters. The SMILES string of the molecule is CC(C)(C)OC(=O)N1CCN(c2ncc(-n3cnc4ccc(O)c(F)c4c3=O)cn2)CC1. The lowest BCUT2D eigenvalue weighted by molar-refractivity contribution is 0.0240. The molecule has 0 unspecified atom stereocenters. The first-order valence-corrected chi connectivity index (χ1v) is 10.1.